The summed E-state index contributed by atoms with van der Waals surface area (Å²) in [6.07, 6.45) is -4.84. The number of carbonyl (C=O) groups is 1. The van der Waals surface area contributed by atoms with Crippen molar-refractivity contribution >= 4 is 47.4 Å². The van der Waals surface area contributed by atoms with E-state index in [9.17, 15) is 18.0 Å². The van der Waals surface area contributed by atoms with Crippen molar-refractivity contribution < 1.29 is 22.7 Å². The summed E-state index contributed by atoms with van der Waals surface area (Å²) in [4.78, 5) is 21.4. The molecule has 7 nitrogen and oxygen atoms in total. The number of carbonyl (C=O) groups excluding carboxylic acids is 1. The Kier molecular flexibility index (Phi) is 12.0. The first-order chi connectivity index (χ1) is 13.3. The van der Waals surface area contributed by atoms with Crippen LogP contribution in [0.4, 0.5) is 18.0 Å². The third-order valence-electron chi connectivity index (χ3n) is 3.47. The number of nitrogens with one attached hydrogen (secondary N) is 2. The van der Waals surface area contributed by atoms with Gasteiger partial charge in [-0.25, -0.2) is 14.8 Å². The van der Waals surface area contributed by atoms with Crippen LogP contribution < -0.4 is 10.6 Å². The average Bonchev–Trinajstić information content (AvgIpc) is 3.05. The van der Waals surface area contributed by atoms with Gasteiger partial charge in [0.05, 0.1) is 6.54 Å². The number of ether oxygens (including phenoxy) is 1. The number of hydrogen-bond acceptors (Lipinski definition) is 5. The van der Waals surface area contributed by atoms with E-state index < -0.39 is 23.6 Å². The summed E-state index contributed by atoms with van der Waals surface area (Å²) in [7, 11) is 1.67. The van der Waals surface area contributed by atoms with E-state index in [-0.39, 0.29) is 41.4 Å². The van der Waals surface area contributed by atoms with Crippen LogP contribution in [0.5, 0.6) is 0 Å². The molecule has 0 spiro atoms. The van der Waals surface area contributed by atoms with Crippen molar-refractivity contribution in [3.05, 3.63) is 16.1 Å². The molecule has 0 aliphatic carbocycles. The van der Waals surface area contributed by atoms with Gasteiger partial charge in [0.15, 0.2) is 11.7 Å². The Morgan fingerprint density at radius 1 is 1.33 bits per heavy atom. The van der Waals surface area contributed by atoms with E-state index in [1.165, 1.54) is 4.90 Å². The van der Waals surface area contributed by atoms with Crippen LogP contribution >= 0.6 is 35.3 Å². The molecule has 1 rings (SSSR count). The lowest BCUT2D eigenvalue weighted by Gasteiger charge is -2.26. The number of aliphatic imine (C=N–C) groups is 1. The summed E-state index contributed by atoms with van der Waals surface area (Å²) in [6, 6.07) is 0. The third kappa shape index (κ3) is 11.2. The van der Waals surface area contributed by atoms with E-state index in [4.69, 9.17) is 4.74 Å². The largest absolute Gasteiger partial charge is 0.444 e. The Balaban J connectivity index is 0.00000841. The molecule has 12 heteroatoms. The van der Waals surface area contributed by atoms with Gasteiger partial charge in [-0.05, 0) is 33.6 Å². The summed E-state index contributed by atoms with van der Waals surface area (Å²) < 4.78 is 43.2. The molecule has 174 valence electrons. The Bertz CT molecular complexity index is 692. The van der Waals surface area contributed by atoms with Crippen molar-refractivity contribution in [2.45, 2.75) is 52.9 Å². The number of halogens is 4. The van der Waals surface area contributed by atoms with Crippen molar-refractivity contribution in [1.82, 2.24) is 20.5 Å². The van der Waals surface area contributed by atoms with Crippen molar-refractivity contribution in [3.8, 4) is 0 Å². The summed E-state index contributed by atoms with van der Waals surface area (Å²) in [5.41, 5.74) is -1.45. The van der Waals surface area contributed by atoms with Gasteiger partial charge in [0.2, 0.25) is 0 Å². The number of rotatable bonds is 7. The highest BCUT2D eigenvalue weighted by Crippen LogP contribution is 2.30. The van der Waals surface area contributed by atoms with E-state index in [0.29, 0.717) is 25.6 Å². The van der Waals surface area contributed by atoms with Gasteiger partial charge in [-0.1, -0.05) is 6.92 Å². The molecule has 2 N–H and O–H groups in total. The lowest BCUT2D eigenvalue weighted by atomic mass is 10.1. The van der Waals surface area contributed by atoms with E-state index >= 15 is 0 Å². The van der Waals surface area contributed by atoms with Gasteiger partial charge in [0.25, 0.3) is 0 Å². The molecule has 0 aliphatic rings. The summed E-state index contributed by atoms with van der Waals surface area (Å²) in [5.74, 6) is 0.566. The molecule has 0 radical (unpaired) electrons. The maximum Gasteiger partial charge on any atom is 0.434 e. The molecule has 1 amide bonds. The van der Waals surface area contributed by atoms with Crippen molar-refractivity contribution in [2.75, 3.05) is 26.7 Å². The zero-order chi connectivity index (χ0) is 22.2. The van der Waals surface area contributed by atoms with Crippen LogP contribution in [0.2, 0.25) is 0 Å². The van der Waals surface area contributed by atoms with E-state index in [2.05, 4.69) is 20.6 Å². The summed E-state index contributed by atoms with van der Waals surface area (Å²) in [5, 5.41) is 7.45. The zero-order valence-corrected chi connectivity index (χ0v) is 21.2. The second-order valence-electron chi connectivity index (χ2n) is 7.67. The molecule has 0 saturated heterocycles. The molecule has 1 aromatic rings. The number of alkyl halides is 3. The second kappa shape index (κ2) is 12.5. The van der Waals surface area contributed by atoms with E-state index in [0.717, 1.165) is 16.7 Å². The monoisotopic (exact) mass is 565 g/mol. The predicted octanol–water partition coefficient (Wildman–Crippen LogP) is 4.34. The van der Waals surface area contributed by atoms with Crippen LogP contribution in [0.25, 0.3) is 0 Å². The van der Waals surface area contributed by atoms with Crippen LogP contribution in [0.15, 0.2) is 10.4 Å². The van der Waals surface area contributed by atoms with Gasteiger partial charge in [-0.15, -0.1) is 35.3 Å². The molecular formula is C18H31F3IN5O2S. The van der Waals surface area contributed by atoms with E-state index in [1.54, 1.807) is 7.05 Å². The Hall–Kier alpha value is -1.31. The lowest BCUT2D eigenvalue weighted by molar-refractivity contribution is -0.140. The molecular weight excluding hydrogens is 534 g/mol. The fourth-order valence-corrected chi connectivity index (χ4v) is 2.94. The van der Waals surface area contributed by atoms with E-state index in [1.807, 2.05) is 34.6 Å². The number of aromatic nitrogens is 1. The molecule has 1 aromatic heterocycles. The number of thiazole rings is 1. The third-order valence-corrected chi connectivity index (χ3v) is 4.30. The molecule has 1 heterocycles. The fraction of sp³-hybridized carbons (Fsp3) is 0.722. The maximum atomic E-state index is 12.6. The second-order valence-corrected chi connectivity index (χ2v) is 8.61. The van der Waals surface area contributed by atoms with Gasteiger partial charge in [-0.2, -0.15) is 13.2 Å². The maximum absolute atomic E-state index is 12.6. The fourth-order valence-electron chi connectivity index (χ4n) is 2.22. The molecule has 0 bridgehead atoms. The van der Waals surface area contributed by atoms with Gasteiger partial charge in [0, 0.05) is 32.1 Å². The summed E-state index contributed by atoms with van der Waals surface area (Å²) in [6.45, 7) is 10.9. The normalized spacial score (nSPS) is 13.3. The van der Waals surface area contributed by atoms with Gasteiger partial charge < -0.3 is 20.3 Å². The highest BCUT2D eigenvalue weighted by Gasteiger charge is 2.33. The predicted molar refractivity (Wildman–Crippen MR) is 123 cm³/mol. The first-order valence-electron chi connectivity index (χ1n) is 9.29. The molecule has 1 unspecified atom stereocenters. The minimum Gasteiger partial charge on any atom is -0.444 e. The van der Waals surface area contributed by atoms with Gasteiger partial charge >= 0.3 is 12.3 Å². The van der Waals surface area contributed by atoms with Crippen LogP contribution in [0.3, 0.4) is 0 Å². The number of nitrogens with zero attached hydrogens (tertiary/aromatic N) is 3. The minimum atomic E-state index is -4.45. The smallest absolute Gasteiger partial charge is 0.434 e. The Morgan fingerprint density at radius 3 is 2.47 bits per heavy atom. The molecule has 30 heavy (non-hydrogen) atoms. The molecule has 1 atom stereocenters. The summed E-state index contributed by atoms with van der Waals surface area (Å²) >= 11 is 0.925. The Morgan fingerprint density at radius 2 is 1.97 bits per heavy atom. The van der Waals surface area contributed by atoms with Crippen molar-refractivity contribution in [2.24, 2.45) is 10.9 Å². The Labute approximate surface area is 196 Å². The van der Waals surface area contributed by atoms with Crippen LogP contribution in [-0.2, 0) is 17.5 Å². The van der Waals surface area contributed by atoms with Gasteiger partial charge in [0.1, 0.15) is 10.6 Å². The van der Waals surface area contributed by atoms with Crippen LogP contribution in [0.1, 0.15) is 45.3 Å². The van der Waals surface area contributed by atoms with Gasteiger partial charge in [-0.3, -0.25) is 0 Å². The molecule has 0 saturated carbocycles. The topological polar surface area (TPSA) is 78.9 Å². The van der Waals surface area contributed by atoms with Crippen molar-refractivity contribution in [1.29, 1.82) is 0 Å². The first-order valence-corrected chi connectivity index (χ1v) is 10.2. The quantitative estimate of drug-likeness (QED) is 0.292. The lowest BCUT2D eigenvalue weighted by Crippen LogP contribution is -2.42. The highest BCUT2D eigenvalue weighted by atomic mass is 127. The minimum absolute atomic E-state index is 0. The van der Waals surface area contributed by atoms with Crippen LogP contribution in [-0.4, -0.2) is 54.2 Å². The molecule has 0 aromatic carbocycles. The average molecular weight is 565 g/mol. The first kappa shape index (κ1) is 28.7. The SMILES string of the molecule is CCNC(=NCc1nc(C(F)(F)F)cs1)NCC(C)CN(C)C(=O)OC(C)(C)C.I. The molecule has 0 fully saturated rings. The van der Waals surface area contributed by atoms with Crippen LogP contribution in [0, 0.1) is 5.92 Å². The zero-order valence-electron chi connectivity index (χ0n) is 18.1. The number of guanidine groups is 1. The molecule has 0 aliphatic heterocycles. The highest BCUT2D eigenvalue weighted by molar-refractivity contribution is 14.0. The van der Waals surface area contributed by atoms with Crippen molar-refractivity contribution in [3.63, 3.8) is 0 Å². The number of hydrogen-bond donors (Lipinski definition) is 2. The standard InChI is InChI=1S/C18H30F3N5O2S.HI/c1-7-22-15(24-9-14-25-13(11-29-14)18(19,20)21)23-8-12(2)10-26(6)16(27)28-17(3,4)5;/h11-12H,7-10H2,1-6H3,(H2,22,23,24);1H. The number of amides is 1.